The number of nitrogens with one attached hydrogen (secondary N) is 1. The highest BCUT2D eigenvalue weighted by atomic mass is 35.5. The number of anilines is 1. The van der Waals surface area contributed by atoms with Crippen LogP contribution >= 0.6 is 12.4 Å². The van der Waals surface area contributed by atoms with Gasteiger partial charge in [-0.25, -0.2) is 0 Å². The van der Waals surface area contributed by atoms with Gasteiger partial charge in [-0.1, -0.05) is 13.8 Å². The minimum absolute atomic E-state index is 0. The monoisotopic (exact) mass is 322 g/mol. The first-order valence-electron chi connectivity index (χ1n) is 8.10. The van der Waals surface area contributed by atoms with Gasteiger partial charge >= 0.3 is 0 Å². The Labute approximate surface area is 139 Å². The summed E-state index contributed by atoms with van der Waals surface area (Å²) in [6.07, 6.45) is 5.70. The summed E-state index contributed by atoms with van der Waals surface area (Å²) < 4.78 is 0. The minimum Gasteiger partial charge on any atom is -0.384 e. The Kier molecular flexibility index (Phi) is 5.06. The van der Waals surface area contributed by atoms with Gasteiger partial charge in [0, 0.05) is 30.9 Å². The van der Waals surface area contributed by atoms with Crippen LogP contribution < -0.4 is 5.32 Å². The van der Waals surface area contributed by atoms with Crippen LogP contribution in [-0.4, -0.2) is 30.4 Å². The first kappa shape index (κ1) is 17.1. The van der Waals surface area contributed by atoms with Crippen LogP contribution in [0.5, 0.6) is 0 Å². The maximum atomic E-state index is 12.7. The van der Waals surface area contributed by atoms with Gasteiger partial charge in [-0.05, 0) is 61.3 Å². The molecule has 1 heterocycles. The second-order valence-corrected chi connectivity index (χ2v) is 7.36. The van der Waals surface area contributed by atoms with Crippen molar-refractivity contribution in [3.63, 3.8) is 0 Å². The molecule has 0 spiro atoms. The number of carbonyl (C=O) groups is 1. The van der Waals surface area contributed by atoms with Crippen molar-refractivity contribution in [1.29, 1.82) is 0 Å². The van der Waals surface area contributed by atoms with E-state index in [-0.39, 0.29) is 18.3 Å². The zero-order valence-electron chi connectivity index (χ0n) is 13.8. The molecule has 0 aromatic heterocycles. The highest BCUT2D eigenvalue weighted by Crippen LogP contribution is 2.37. The third-order valence-electron chi connectivity index (χ3n) is 5.24. The first-order valence-corrected chi connectivity index (χ1v) is 8.10. The fourth-order valence-corrected chi connectivity index (χ4v) is 3.58. The molecule has 1 fully saturated rings. The molecule has 1 amide bonds. The third kappa shape index (κ3) is 3.40. The molecular weight excluding hydrogens is 296 g/mol. The second-order valence-electron chi connectivity index (χ2n) is 7.36. The Hall–Kier alpha value is -1.22. The Morgan fingerprint density at radius 2 is 1.95 bits per heavy atom. The highest BCUT2D eigenvalue weighted by Gasteiger charge is 2.31. The summed E-state index contributed by atoms with van der Waals surface area (Å²) in [5.41, 5.74) is 3.75. The van der Waals surface area contributed by atoms with Gasteiger partial charge in [0.25, 0.3) is 5.91 Å². The molecule has 0 bridgehead atoms. The maximum absolute atomic E-state index is 12.7. The first-order chi connectivity index (χ1) is 9.96. The molecule has 1 aromatic carbocycles. The average Bonchev–Trinajstić information content (AvgIpc) is 2.93. The lowest BCUT2D eigenvalue weighted by Crippen LogP contribution is -2.40. The lowest BCUT2D eigenvalue weighted by atomic mass is 9.75. The van der Waals surface area contributed by atoms with E-state index in [9.17, 15) is 4.79 Å². The normalized spacial score (nSPS) is 19.8. The van der Waals surface area contributed by atoms with Crippen molar-refractivity contribution in [2.24, 2.45) is 5.41 Å². The molecule has 0 unspecified atom stereocenters. The summed E-state index contributed by atoms with van der Waals surface area (Å²) in [5.74, 6) is 0.175. The van der Waals surface area contributed by atoms with E-state index in [2.05, 4.69) is 25.2 Å². The summed E-state index contributed by atoms with van der Waals surface area (Å²) in [6.45, 7) is 5.65. The topological polar surface area (TPSA) is 32.3 Å². The molecule has 0 atom stereocenters. The van der Waals surface area contributed by atoms with E-state index in [1.54, 1.807) is 0 Å². The van der Waals surface area contributed by atoms with Gasteiger partial charge in [0.2, 0.25) is 0 Å². The number of carbonyl (C=O) groups excluding carboxylic acids is 1. The van der Waals surface area contributed by atoms with Crippen molar-refractivity contribution in [3.8, 4) is 0 Å². The minimum atomic E-state index is 0. The summed E-state index contributed by atoms with van der Waals surface area (Å²) in [4.78, 5) is 14.7. The largest absolute Gasteiger partial charge is 0.384 e. The van der Waals surface area contributed by atoms with Gasteiger partial charge in [-0.2, -0.15) is 0 Å². The number of rotatable bonds is 2. The van der Waals surface area contributed by atoms with Crippen LogP contribution in [0.3, 0.4) is 0 Å². The predicted octanol–water partition coefficient (Wildman–Crippen LogP) is 4.12. The highest BCUT2D eigenvalue weighted by molar-refractivity contribution is 5.95. The molecule has 2 aliphatic rings. The van der Waals surface area contributed by atoms with Gasteiger partial charge in [-0.15, -0.1) is 12.4 Å². The fourth-order valence-electron chi connectivity index (χ4n) is 3.58. The van der Waals surface area contributed by atoms with Gasteiger partial charge in [0.15, 0.2) is 0 Å². The number of fused-ring (bicyclic) bond motifs is 1. The predicted molar refractivity (Wildman–Crippen MR) is 94.0 cm³/mol. The molecule has 1 aliphatic carbocycles. The van der Waals surface area contributed by atoms with Crippen LogP contribution in [0, 0.1) is 5.41 Å². The van der Waals surface area contributed by atoms with E-state index in [1.807, 2.05) is 24.1 Å². The fraction of sp³-hybridized carbons (Fsp3) is 0.611. The molecule has 122 valence electrons. The average molecular weight is 323 g/mol. The van der Waals surface area contributed by atoms with E-state index in [4.69, 9.17) is 0 Å². The smallest absolute Gasteiger partial charge is 0.253 e. The van der Waals surface area contributed by atoms with Crippen molar-refractivity contribution < 1.29 is 4.79 Å². The molecule has 1 N–H and O–H groups in total. The molecule has 1 saturated carbocycles. The van der Waals surface area contributed by atoms with Crippen molar-refractivity contribution in [2.45, 2.75) is 52.0 Å². The van der Waals surface area contributed by atoms with Crippen LogP contribution in [0.4, 0.5) is 5.69 Å². The summed E-state index contributed by atoms with van der Waals surface area (Å²) >= 11 is 0. The van der Waals surface area contributed by atoms with Gasteiger partial charge < -0.3 is 10.2 Å². The Balaban J connectivity index is 0.00000176. The quantitative estimate of drug-likeness (QED) is 0.888. The lowest BCUT2D eigenvalue weighted by Gasteiger charge is -2.38. The molecule has 0 radical (unpaired) electrons. The molecule has 1 aliphatic heterocycles. The maximum Gasteiger partial charge on any atom is 0.253 e. The molecule has 4 heteroatoms. The Morgan fingerprint density at radius 1 is 1.27 bits per heavy atom. The standard InChI is InChI=1S/C18H26N2O.ClH/c1-18(2)9-6-15(7-10-18)20(3)17(21)14-4-5-16-13(12-14)8-11-19-16;/h4-5,12,15,19H,6-11H2,1-3H3;1H. The van der Waals surface area contributed by atoms with E-state index < -0.39 is 0 Å². The van der Waals surface area contributed by atoms with Gasteiger partial charge in [0.05, 0.1) is 0 Å². The number of nitrogens with zero attached hydrogens (tertiary/aromatic N) is 1. The Morgan fingerprint density at radius 3 is 2.64 bits per heavy atom. The van der Waals surface area contributed by atoms with Crippen LogP contribution in [0.2, 0.25) is 0 Å². The van der Waals surface area contributed by atoms with Crippen LogP contribution in [0.1, 0.15) is 55.5 Å². The number of hydrogen-bond acceptors (Lipinski definition) is 2. The van der Waals surface area contributed by atoms with Gasteiger partial charge in [-0.3, -0.25) is 4.79 Å². The van der Waals surface area contributed by atoms with Crippen molar-refractivity contribution in [2.75, 3.05) is 18.9 Å². The SMILES string of the molecule is CN(C(=O)c1ccc2c(c1)CCN2)C1CCC(C)(C)CC1.Cl. The zero-order valence-corrected chi connectivity index (χ0v) is 14.6. The van der Waals surface area contributed by atoms with E-state index >= 15 is 0 Å². The van der Waals surface area contributed by atoms with Crippen LogP contribution in [0.15, 0.2) is 18.2 Å². The third-order valence-corrected chi connectivity index (χ3v) is 5.24. The lowest BCUT2D eigenvalue weighted by molar-refractivity contribution is 0.0635. The van der Waals surface area contributed by atoms with Crippen LogP contribution in [0.25, 0.3) is 0 Å². The van der Waals surface area contributed by atoms with E-state index in [0.717, 1.165) is 31.4 Å². The molecule has 1 aromatic rings. The number of benzene rings is 1. The molecular formula is C18H27ClN2O. The summed E-state index contributed by atoms with van der Waals surface area (Å²) in [5, 5.41) is 3.34. The molecule has 3 nitrogen and oxygen atoms in total. The van der Waals surface area contributed by atoms with Gasteiger partial charge in [0.1, 0.15) is 0 Å². The van der Waals surface area contributed by atoms with Crippen molar-refractivity contribution in [1.82, 2.24) is 4.90 Å². The second kappa shape index (κ2) is 6.49. The summed E-state index contributed by atoms with van der Waals surface area (Å²) in [7, 11) is 1.97. The zero-order chi connectivity index (χ0) is 15.0. The number of amides is 1. The van der Waals surface area contributed by atoms with E-state index in [1.165, 1.54) is 24.1 Å². The molecule has 0 saturated heterocycles. The number of hydrogen-bond donors (Lipinski definition) is 1. The summed E-state index contributed by atoms with van der Waals surface area (Å²) in [6, 6.07) is 6.48. The molecule has 3 rings (SSSR count). The van der Waals surface area contributed by atoms with Crippen molar-refractivity contribution in [3.05, 3.63) is 29.3 Å². The van der Waals surface area contributed by atoms with E-state index in [0.29, 0.717) is 11.5 Å². The molecule has 22 heavy (non-hydrogen) atoms. The van der Waals surface area contributed by atoms with Crippen LogP contribution in [-0.2, 0) is 6.42 Å². The van der Waals surface area contributed by atoms with Crippen molar-refractivity contribution >= 4 is 24.0 Å². The number of halogens is 1. The Bertz CT molecular complexity index is 546.